The van der Waals surface area contributed by atoms with Gasteiger partial charge in [0.1, 0.15) is 5.82 Å². The summed E-state index contributed by atoms with van der Waals surface area (Å²) >= 11 is 3.52. The average molecular weight is 600 g/mol. The van der Waals surface area contributed by atoms with Crippen molar-refractivity contribution < 1.29 is 30.8 Å². The SMILES string of the molecule is CCc1nc(N)c(C(=O)NC)n1Cc1c2ccocc-2c(Br)c1-c1ccccc1NS(=O)(=O)C(F)(F)F. The number of imidazole rings is 1. The Morgan fingerprint density at radius 2 is 1.89 bits per heavy atom. The minimum absolute atomic E-state index is 0.0287. The van der Waals surface area contributed by atoms with Gasteiger partial charge in [0, 0.05) is 34.6 Å². The highest BCUT2D eigenvalue weighted by atomic mass is 79.9. The first kappa shape index (κ1) is 26.5. The van der Waals surface area contributed by atoms with Crippen LogP contribution in [0.2, 0.25) is 0 Å². The van der Waals surface area contributed by atoms with Gasteiger partial charge in [-0.1, -0.05) is 25.1 Å². The predicted octanol–water partition coefficient (Wildman–Crippen LogP) is 4.82. The summed E-state index contributed by atoms with van der Waals surface area (Å²) in [4.78, 5) is 17.0. The van der Waals surface area contributed by atoms with Crippen LogP contribution in [0.5, 0.6) is 0 Å². The summed E-state index contributed by atoms with van der Waals surface area (Å²) < 4.78 is 72.5. The number of hydrogen-bond donors (Lipinski definition) is 3. The number of carbonyl (C=O) groups excluding carboxylic acids is 1. The second-order valence-corrected chi connectivity index (χ2v) is 10.4. The third kappa shape index (κ3) is 4.66. The minimum atomic E-state index is -5.69. The molecular weight excluding hydrogens is 579 g/mol. The summed E-state index contributed by atoms with van der Waals surface area (Å²) in [5, 5.41) is 2.54. The van der Waals surface area contributed by atoms with Gasteiger partial charge in [-0.2, -0.15) is 21.6 Å². The molecule has 1 aliphatic carbocycles. The summed E-state index contributed by atoms with van der Waals surface area (Å²) in [7, 11) is -4.24. The Bertz CT molecular complexity index is 1560. The molecule has 0 unspecified atom stereocenters. The summed E-state index contributed by atoms with van der Waals surface area (Å²) in [6.07, 6.45) is 3.33. The summed E-state index contributed by atoms with van der Waals surface area (Å²) in [6, 6.07) is 7.39. The number of nitrogens with one attached hydrogen (secondary N) is 2. The van der Waals surface area contributed by atoms with Crippen molar-refractivity contribution >= 4 is 43.4 Å². The lowest BCUT2D eigenvalue weighted by Crippen LogP contribution is -2.30. The van der Waals surface area contributed by atoms with Gasteiger partial charge in [0.05, 0.1) is 24.8 Å². The number of para-hydroxylation sites is 1. The molecule has 4 rings (SSSR count). The maximum absolute atomic E-state index is 13.2. The summed E-state index contributed by atoms with van der Waals surface area (Å²) in [5.74, 6) is 0.0785. The molecule has 0 saturated carbocycles. The number of nitrogens with zero attached hydrogens (tertiary/aromatic N) is 2. The lowest BCUT2D eigenvalue weighted by Gasteiger charge is -2.17. The lowest BCUT2D eigenvalue weighted by atomic mass is 10.0. The van der Waals surface area contributed by atoms with Gasteiger partial charge in [-0.15, -0.1) is 0 Å². The molecule has 2 aromatic rings. The number of nitrogen functional groups attached to an aromatic ring is 1. The van der Waals surface area contributed by atoms with E-state index in [4.69, 9.17) is 10.2 Å². The van der Waals surface area contributed by atoms with Crippen LogP contribution in [-0.4, -0.2) is 36.4 Å². The van der Waals surface area contributed by atoms with Gasteiger partial charge >= 0.3 is 15.5 Å². The topological polar surface area (TPSA) is 132 Å². The lowest BCUT2D eigenvalue weighted by molar-refractivity contribution is -0.0429. The third-order valence-electron chi connectivity index (χ3n) is 5.77. The monoisotopic (exact) mass is 599 g/mol. The van der Waals surface area contributed by atoms with Crippen LogP contribution < -0.4 is 15.8 Å². The molecule has 14 heteroatoms. The van der Waals surface area contributed by atoms with Crippen LogP contribution in [0, 0.1) is 0 Å². The number of benzene rings is 1. The van der Waals surface area contributed by atoms with Crippen molar-refractivity contribution in [3.63, 3.8) is 0 Å². The van der Waals surface area contributed by atoms with Crippen molar-refractivity contribution in [1.29, 1.82) is 0 Å². The standard InChI is InChI=1S/C23H21BrF3N5O4S/c1-3-17-30-21(28)20(22(33)29-2)32(17)10-14-12-8-9-36-11-15(12)19(24)18(14)13-6-4-5-7-16(13)31-37(34,35)23(25,26)27/h4-9,11,31H,3,10,28H2,1-2H3,(H,29,33). The van der Waals surface area contributed by atoms with Gasteiger partial charge < -0.3 is 20.0 Å². The van der Waals surface area contributed by atoms with Gasteiger partial charge in [-0.25, -0.2) is 4.98 Å². The van der Waals surface area contributed by atoms with Crippen molar-refractivity contribution in [2.45, 2.75) is 25.4 Å². The first-order chi connectivity index (χ1) is 17.4. The Morgan fingerprint density at radius 1 is 1.19 bits per heavy atom. The first-order valence-corrected chi connectivity index (χ1v) is 13.1. The smallest absolute Gasteiger partial charge is 0.472 e. The number of alkyl halides is 3. The van der Waals surface area contributed by atoms with Gasteiger partial charge in [0.15, 0.2) is 11.5 Å². The zero-order valence-electron chi connectivity index (χ0n) is 19.5. The Hall–Kier alpha value is -3.52. The zero-order chi connectivity index (χ0) is 27.1. The molecule has 0 spiro atoms. The highest BCUT2D eigenvalue weighted by Gasteiger charge is 2.46. The van der Waals surface area contributed by atoms with Gasteiger partial charge in [0.25, 0.3) is 5.91 Å². The number of halogens is 4. The second kappa shape index (κ2) is 9.74. The summed E-state index contributed by atoms with van der Waals surface area (Å²) in [6.45, 7) is 1.89. The maximum atomic E-state index is 13.2. The van der Waals surface area contributed by atoms with E-state index in [1.807, 2.05) is 6.92 Å². The molecule has 1 aromatic carbocycles. The number of nitrogens with two attached hydrogens (primary N) is 1. The number of sulfonamides is 1. The molecule has 1 aliphatic heterocycles. The van der Waals surface area contributed by atoms with Crippen LogP contribution in [0.4, 0.5) is 24.7 Å². The largest absolute Gasteiger partial charge is 0.516 e. The second-order valence-electron chi connectivity index (χ2n) is 7.93. The van der Waals surface area contributed by atoms with Crippen LogP contribution in [0.3, 0.4) is 0 Å². The number of aromatic nitrogens is 2. The molecule has 1 amide bonds. The van der Waals surface area contributed by atoms with Crippen LogP contribution in [-0.2, 0) is 23.0 Å². The highest BCUT2D eigenvalue weighted by Crippen LogP contribution is 2.48. The fourth-order valence-electron chi connectivity index (χ4n) is 4.12. The Morgan fingerprint density at radius 3 is 2.54 bits per heavy atom. The molecular formula is C23H21BrF3N5O4S. The minimum Gasteiger partial charge on any atom is -0.472 e. The number of fused-ring (bicyclic) bond motifs is 1. The van der Waals surface area contributed by atoms with Gasteiger partial charge in [-0.05, 0) is 39.2 Å². The Labute approximate surface area is 218 Å². The van der Waals surface area contributed by atoms with Gasteiger partial charge in [-0.3, -0.25) is 9.52 Å². The molecule has 0 radical (unpaired) electrons. The molecule has 37 heavy (non-hydrogen) atoms. The van der Waals surface area contributed by atoms with Crippen LogP contribution in [0.25, 0.3) is 22.3 Å². The molecule has 9 nitrogen and oxygen atoms in total. The molecule has 0 fully saturated rings. The third-order valence-corrected chi connectivity index (χ3v) is 7.69. The van der Waals surface area contributed by atoms with E-state index in [2.05, 4.69) is 26.2 Å². The Kier molecular flexibility index (Phi) is 6.99. The van der Waals surface area contributed by atoms with E-state index < -0.39 is 21.4 Å². The number of hydrogen-bond acceptors (Lipinski definition) is 6. The highest BCUT2D eigenvalue weighted by molar-refractivity contribution is 9.10. The molecule has 0 saturated heterocycles. The number of rotatable bonds is 7. The average Bonchev–Trinajstić information content (AvgIpc) is 3.31. The maximum Gasteiger partial charge on any atom is 0.516 e. The van der Waals surface area contributed by atoms with Crippen LogP contribution >= 0.6 is 15.9 Å². The molecule has 2 aliphatic rings. The van der Waals surface area contributed by atoms with Crippen molar-refractivity contribution in [1.82, 2.24) is 14.9 Å². The molecule has 4 N–H and O–H groups in total. The normalized spacial score (nSPS) is 12.2. The van der Waals surface area contributed by atoms with Gasteiger partial charge in [0.2, 0.25) is 0 Å². The first-order valence-electron chi connectivity index (χ1n) is 10.8. The van der Waals surface area contributed by atoms with Crippen molar-refractivity contribution in [2.75, 3.05) is 17.5 Å². The molecule has 2 heterocycles. The number of carbonyl (C=O) groups is 1. The summed E-state index contributed by atoms with van der Waals surface area (Å²) in [5.41, 5.74) is 2.82. The van der Waals surface area contributed by atoms with Crippen molar-refractivity contribution in [3.05, 3.63) is 64.4 Å². The van der Waals surface area contributed by atoms with E-state index in [9.17, 15) is 26.4 Å². The van der Waals surface area contributed by atoms with Crippen LogP contribution in [0.15, 0.2) is 51.7 Å². The molecule has 0 atom stereocenters. The van der Waals surface area contributed by atoms with E-state index in [1.165, 1.54) is 37.8 Å². The Balaban J connectivity index is 1.98. The quantitative estimate of drug-likeness (QED) is 0.279. The van der Waals surface area contributed by atoms with E-state index in [-0.39, 0.29) is 29.3 Å². The van der Waals surface area contributed by atoms with Crippen molar-refractivity contribution in [3.8, 4) is 22.3 Å². The fourth-order valence-corrected chi connectivity index (χ4v) is 5.46. The van der Waals surface area contributed by atoms with Crippen molar-refractivity contribution in [2.24, 2.45) is 0 Å². The predicted molar refractivity (Wildman–Crippen MR) is 136 cm³/mol. The number of amides is 1. The number of aryl methyl sites for hydroxylation is 1. The molecule has 196 valence electrons. The van der Waals surface area contributed by atoms with Crippen LogP contribution in [0.1, 0.15) is 28.8 Å². The van der Waals surface area contributed by atoms with E-state index in [0.717, 1.165) is 0 Å². The molecule has 0 bridgehead atoms. The molecule has 1 aromatic heterocycles. The van der Waals surface area contributed by atoms with E-state index in [1.54, 1.807) is 21.4 Å². The van der Waals surface area contributed by atoms with E-state index in [0.29, 0.717) is 39.0 Å². The fraction of sp³-hybridized carbons (Fsp3) is 0.217. The number of anilines is 2. The van der Waals surface area contributed by atoms with E-state index >= 15 is 0 Å². The zero-order valence-corrected chi connectivity index (χ0v) is 21.9.